The summed E-state index contributed by atoms with van der Waals surface area (Å²) >= 11 is 0. The highest BCUT2D eigenvalue weighted by Crippen LogP contribution is 2.24. The summed E-state index contributed by atoms with van der Waals surface area (Å²) in [6.45, 7) is 5.95. The smallest absolute Gasteiger partial charge is 0.126 e. The zero-order valence-electron chi connectivity index (χ0n) is 11.6. The van der Waals surface area contributed by atoms with Crippen molar-refractivity contribution in [2.45, 2.75) is 31.7 Å². The van der Waals surface area contributed by atoms with E-state index in [-0.39, 0.29) is 0 Å². The molecule has 104 valence electrons. The second kappa shape index (κ2) is 6.40. The fourth-order valence-electron chi connectivity index (χ4n) is 3.28. The first-order chi connectivity index (χ1) is 9.42. The van der Waals surface area contributed by atoms with E-state index in [1.807, 2.05) is 12.1 Å². The van der Waals surface area contributed by atoms with E-state index in [1.165, 1.54) is 51.9 Å². The lowest BCUT2D eigenvalue weighted by Crippen LogP contribution is -2.49. The Bertz CT molecular complexity index is 385. The molecular weight excluding hydrogens is 236 g/mol. The third-order valence-electron chi connectivity index (χ3n) is 4.44. The van der Waals surface area contributed by atoms with Gasteiger partial charge in [-0.2, -0.15) is 0 Å². The molecule has 19 heavy (non-hydrogen) atoms. The van der Waals surface area contributed by atoms with Gasteiger partial charge in [-0.3, -0.25) is 9.80 Å². The standard InChI is InChI=1S/C16H24N2O/c1-2-6-15(5-1)18-12-10-17(11-13-18)9-3-7-16-8-4-14-19-16/h3-4,7-8,14-15H,1-2,5-6,9-13H2/b7-3-. The molecule has 2 fully saturated rings. The molecule has 1 aliphatic heterocycles. The third-order valence-corrected chi connectivity index (χ3v) is 4.44. The van der Waals surface area contributed by atoms with Crippen LogP contribution >= 0.6 is 0 Å². The number of hydrogen-bond donors (Lipinski definition) is 0. The molecule has 0 N–H and O–H groups in total. The second-order valence-corrected chi connectivity index (χ2v) is 5.69. The van der Waals surface area contributed by atoms with Crippen molar-refractivity contribution in [1.82, 2.24) is 9.80 Å². The van der Waals surface area contributed by atoms with E-state index >= 15 is 0 Å². The zero-order chi connectivity index (χ0) is 12.9. The predicted octanol–water partition coefficient (Wildman–Crippen LogP) is 2.85. The Balaban J connectivity index is 1.40. The van der Waals surface area contributed by atoms with Crippen LogP contribution in [0.5, 0.6) is 0 Å². The van der Waals surface area contributed by atoms with Gasteiger partial charge in [-0.05, 0) is 31.1 Å². The average Bonchev–Trinajstić information content (AvgIpc) is 3.13. The molecule has 0 aromatic carbocycles. The van der Waals surface area contributed by atoms with Gasteiger partial charge in [-0.15, -0.1) is 0 Å². The van der Waals surface area contributed by atoms with Crippen LogP contribution in [0.25, 0.3) is 6.08 Å². The maximum atomic E-state index is 5.29. The molecule has 0 atom stereocenters. The summed E-state index contributed by atoms with van der Waals surface area (Å²) in [5, 5.41) is 0. The van der Waals surface area contributed by atoms with Gasteiger partial charge in [0.05, 0.1) is 6.26 Å². The summed E-state index contributed by atoms with van der Waals surface area (Å²) in [6, 6.07) is 4.81. The van der Waals surface area contributed by atoms with Crippen LogP contribution in [0.3, 0.4) is 0 Å². The fraction of sp³-hybridized carbons (Fsp3) is 0.625. The minimum absolute atomic E-state index is 0.890. The molecule has 0 amide bonds. The Morgan fingerprint density at radius 1 is 1.16 bits per heavy atom. The highest BCUT2D eigenvalue weighted by Gasteiger charge is 2.25. The number of rotatable bonds is 4. The molecule has 0 spiro atoms. The minimum atomic E-state index is 0.890. The normalized spacial score (nSPS) is 23.6. The highest BCUT2D eigenvalue weighted by molar-refractivity contribution is 5.42. The molecule has 3 rings (SSSR count). The van der Waals surface area contributed by atoms with Crippen LogP contribution in [0.4, 0.5) is 0 Å². The van der Waals surface area contributed by atoms with Gasteiger partial charge in [-0.1, -0.05) is 18.9 Å². The maximum absolute atomic E-state index is 5.29. The van der Waals surface area contributed by atoms with Crippen molar-refractivity contribution in [2.24, 2.45) is 0 Å². The first-order valence-electron chi connectivity index (χ1n) is 7.58. The Morgan fingerprint density at radius 3 is 2.63 bits per heavy atom. The van der Waals surface area contributed by atoms with Crippen molar-refractivity contribution in [3.05, 3.63) is 30.2 Å². The van der Waals surface area contributed by atoms with E-state index in [2.05, 4.69) is 22.0 Å². The summed E-state index contributed by atoms with van der Waals surface area (Å²) in [5.41, 5.74) is 0. The predicted molar refractivity (Wildman–Crippen MR) is 78.0 cm³/mol. The summed E-state index contributed by atoms with van der Waals surface area (Å²) in [5.74, 6) is 0.949. The van der Waals surface area contributed by atoms with Crippen LogP contribution in [0, 0.1) is 0 Å². The average molecular weight is 260 g/mol. The van der Waals surface area contributed by atoms with E-state index in [9.17, 15) is 0 Å². The SMILES string of the molecule is C(=C/c1ccco1)/CN1CCN(C2CCCC2)CC1. The molecule has 3 heteroatoms. The first-order valence-corrected chi connectivity index (χ1v) is 7.58. The monoisotopic (exact) mass is 260 g/mol. The van der Waals surface area contributed by atoms with Crippen LogP contribution in [0.2, 0.25) is 0 Å². The number of furan rings is 1. The molecule has 1 saturated heterocycles. The zero-order valence-corrected chi connectivity index (χ0v) is 11.6. The Kier molecular flexibility index (Phi) is 4.36. The molecule has 1 saturated carbocycles. The van der Waals surface area contributed by atoms with Gasteiger partial charge >= 0.3 is 0 Å². The van der Waals surface area contributed by atoms with Gasteiger partial charge in [-0.25, -0.2) is 0 Å². The lowest BCUT2D eigenvalue weighted by molar-refractivity contribution is 0.105. The van der Waals surface area contributed by atoms with Gasteiger partial charge in [0, 0.05) is 38.8 Å². The van der Waals surface area contributed by atoms with Crippen LogP contribution in [-0.2, 0) is 0 Å². The van der Waals surface area contributed by atoms with E-state index < -0.39 is 0 Å². The quantitative estimate of drug-likeness (QED) is 0.830. The van der Waals surface area contributed by atoms with E-state index in [4.69, 9.17) is 4.42 Å². The summed E-state index contributed by atoms with van der Waals surface area (Å²) in [6.07, 6.45) is 11.7. The molecule has 2 aliphatic rings. The summed E-state index contributed by atoms with van der Waals surface area (Å²) in [4.78, 5) is 5.24. The van der Waals surface area contributed by atoms with Crippen molar-refractivity contribution in [3.63, 3.8) is 0 Å². The Hall–Kier alpha value is -1.06. The topological polar surface area (TPSA) is 19.6 Å². The van der Waals surface area contributed by atoms with Crippen molar-refractivity contribution in [1.29, 1.82) is 0 Å². The number of nitrogens with zero attached hydrogens (tertiary/aromatic N) is 2. The number of hydrogen-bond acceptors (Lipinski definition) is 3. The van der Waals surface area contributed by atoms with Crippen LogP contribution in [0.1, 0.15) is 31.4 Å². The van der Waals surface area contributed by atoms with E-state index in [0.717, 1.165) is 18.3 Å². The van der Waals surface area contributed by atoms with Crippen LogP contribution < -0.4 is 0 Å². The lowest BCUT2D eigenvalue weighted by atomic mass is 10.2. The third kappa shape index (κ3) is 3.48. The van der Waals surface area contributed by atoms with Gasteiger partial charge in [0.25, 0.3) is 0 Å². The highest BCUT2D eigenvalue weighted by atomic mass is 16.3. The van der Waals surface area contributed by atoms with Crippen molar-refractivity contribution < 1.29 is 4.42 Å². The van der Waals surface area contributed by atoms with Gasteiger partial charge in [0.15, 0.2) is 0 Å². The molecule has 3 nitrogen and oxygen atoms in total. The van der Waals surface area contributed by atoms with E-state index in [0.29, 0.717) is 0 Å². The largest absolute Gasteiger partial charge is 0.465 e. The Morgan fingerprint density at radius 2 is 1.95 bits per heavy atom. The molecule has 0 radical (unpaired) electrons. The molecule has 1 aromatic rings. The molecule has 0 bridgehead atoms. The molecule has 2 heterocycles. The molecule has 0 unspecified atom stereocenters. The van der Waals surface area contributed by atoms with Gasteiger partial charge in [0.2, 0.25) is 0 Å². The van der Waals surface area contributed by atoms with Crippen molar-refractivity contribution in [3.8, 4) is 0 Å². The first kappa shape index (κ1) is 12.9. The van der Waals surface area contributed by atoms with Crippen LogP contribution in [-0.4, -0.2) is 48.6 Å². The fourth-order valence-corrected chi connectivity index (χ4v) is 3.28. The van der Waals surface area contributed by atoms with E-state index in [1.54, 1.807) is 6.26 Å². The van der Waals surface area contributed by atoms with Gasteiger partial charge < -0.3 is 4.42 Å². The molecular formula is C16H24N2O. The summed E-state index contributed by atoms with van der Waals surface area (Å²) in [7, 11) is 0. The van der Waals surface area contributed by atoms with Crippen molar-refractivity contribution in [2.75, 3.05) is 32.7 Å². The maximum Gasteiger partial charge on any atom is 0.126 e. The second-order valence-electron chi connectivity index (χ2n) is 5.69. The lowest BCUT2D eigenvalue weighted by Gasteiger charge is -2.37. The number of piperazine rings is 1. The molecule has 1 aromatic heterocycles. The van der Waals surface area contributed by atoms with Gasteiger partial charge in [0.1, 0.15) is 5.76 Å². The summed E-state index contributed by atoms with van der Waals surface area (Å²) < 4.78 is 5.29. The van der Waals surface area contributed by atoms with Crippen molar-refractivity contribution >= 4 is 6.08 Å². The molecule has 1 aliphatic carbocycles. The Labute approximate surface area is 115 Å². The van der Waals surface area contributed by atoms with Crippen LogP contribution in [0.15, 0.2) is 28.9 Å². The minimum Gasteiger partial charge on any atom is -0.465 e.